The van der Waals surface area contributed by atoms with Crippen LogP contribution < -0.4 is 10.1 Å². The molecule has 1 aliphatic rings. The Kier molecular flexibility index (Phi) is 5.77. The Morgan fingerprint density at radius 1 is 1.36 bits per heavy atom. The lowest BCUT2D eigenvalue weighted by Gasteiger charge is -2.24. The highest BCUT2D eigenvalue weighted by molar-refractivity contribution is 5.80. The number of carbonyl (C=O) groups excluding carboxylic acids is 2. The van der Waals surface area contributed by atoms with Crippen molar-refractivity contribution < 1.29 is 24.2 Å². The van der Waals surface area contributed by atoms with Gasteiger partial charge >= 0.3 is 6.09 Å². The molecule has 0 aliphatic carbocycles. The minimum atomic E-state index is -0.537. The Labute approximate surface area is 147 Å². The summed E-state index contributed by atoms with van der Waals surface area (Å²) in [5.74, 6) is 0.454. The molecule has 7 heteroatoms. The maximum absolute atomic E-state index is 12.3. The van der Waals surface area contributed by atoms with Crippen molar-refractivity contribution in [3.05, 3.63) is 23.8 Å². The quantitative estimate of drug-likeness (QED) is 0.868. The van der Waals surface area contributed by atoms with Gasteiger partial charge in [-0.3, -0.25) is 4.79 Å². The molecule has 138 valence electrons. The van der Waals surface area contributed by atoms with Gasteiger partial charge in [0, 0.05) is 24.7 Å². The van der Waals surface area contributed by atoms with Crippen molar-refractivity contribution in [2.24, 2.45) is 0 Å². The number of phenolic OH excluding ortho intramolecular Hbond substituents is 1. The van der Waals surface area contributed by atoms with Crippen LogP contribution in [0.3, 0.4) is 0 Å². The molecule has 1 aliphatic heterocycles. The Morgan fingerprint density at radius 2 is 2.08 bits per heavy atom. The highest BCUT2D eigenvalue weighted by atomic mass is 16.6. The van der Waals surface area contributed by atoms with E-state index in [1.54, 1.807) is 11.0 Å². The maximum Gasteiger partial charge on any atom is 0.410 e. The van der Waals surface area contributed by atoms with Crippen LogP contribution in [-0.4, -0.2) is 53.8 Å². The number of hydrogen-bond acceptors (Lipinski definition) is 5. The van der Waals surface area contributed by atoms with Gasteiger partial charge in [-0.25, -0.2) is 4.79 Å². The average Bonchev–Trinajstić information content (AvgIpc) is 2.94. The van der Waals surface area contributed by atoms with Crippen molar-refractivity contribution in [2.75, 3.05) is 20.2 Å². The molecule has 1 atom stereocenters. The fraction of sp³-hybridized carbons (Fsp3) is 0.556. The Hall–Kier alpha value is -2.44. The van der Waals surface area contributed by atoms with Gasteiger partial charge in [0.1, 0.15) is 17.1 Å². The van der Waals surface area contributed by atoms with E-state index in [0.717, 1.165) is 0 Å². The largest absolute Gasteiger partial charge is 0.508 e. The third-order valence-corrected chi connectivity index (χ3v) is 3.82. The SMILES string of the molecule is COc1ccc(O)cc1CC(=O)N[C@H]1CCN(C(=O)OC(C)(C)C)C1. The van der Waals surface area contributed by atoms with Crippen LogP contribution in [0.15, 0.2) is 18.2 Å². The first-order valence-corrected chi connectivity index (χ1v) is 8.31. The maximum atomic E-state index is 12.3. The zero-order chi connectivity index (χ0) is 18.6. The van der Waals surface area contributed by atoms with Gasteiger partial charge in [0.05, 0.1) is 13.5 Å². The molecule has 0 unspecified atom stereocenters. The van der Waals surface area contributed by atoms with Crippen LogP contribution in [0.2, 0.25) is 0 Å². The lowest BCUT2D eigenvalue weighted by molar-refractivity contribution is -0.121. The van der Waals surface area contributed by atoms with E-state index in [0.29, 0.717) is 30.8 Å². The van der Waals surface area contributed by atoms with Gasteiger partial charge in [0.2, 0.25) is 5.91 Å². The number of aromatic hydroxyl groups is 1. The number of ether oxygens (including phenoxy) is 2. The molecule has 0 saturated carbocycles. The van der Waals surface area contributed by atoms with E-state index in [1.165, 1.54) is 19.2 Å². The Balaban J connectivity index is 1.88. The van der Waals surface area contributed by atoms with Gasteiger partial charge in [0.15, 0.2) is 0 Å². The smallest absolute Gasteiger partial charge is 0.410 e. The molecule has 1 fully saturated rings. The Morgan fingerprint density at radius 3 is 2.72 bits per heavy atom. The number of nitrogens with zero attached hydrogens (tertiary/aromatic N) is 1. The third-order valence-electron chi connectivity index (χ3n) is 3.82. The fourth-order valence-electron chi connectivity index (χ4n) is 2.73. The topological polar surface area (TPSA) is 88.1 Å². The van der Waals surface area contributed by atoms with Crippen LogP contribution in [0.4, 0.5) is 4.79 Å². The van der Waals surface area contributed by atoms with E-state index in [4.69, 9.17) is 9.47 Å². The molecule has 2 amide bonds. The third kappa shape index (κ3) is 5.55. The number of hydrogen-bond donors (Lipinski definition) is 2. The molecule has 25 heavy (non-hydrogen) atoms. The lowest BCUT2D eigenvalue weighted by Crippen LogP contribution is -2.40. The number of methoxy groups -OCH3 is 1. The number of rotatable bonds is 4. The normalized spacial score (nSPS) is 17.3. The lowest BCUT2D eigenvalue weighted by atomic mass is 10.1. The van der Waals surface area contributed by atoms with E-state index in [1.807, 2.05) is 20.8 Å². The fourth-order valence-corrected chi connectivity index (χ4v) is 2.73. The van der Waals surface area contributed by atoms with Gasteiger partial charge in [-0.2, -0.15) is 0 Å². The minimum Gasteiger partial charge on any atom is -0.508 e. The van der Waals surface area contributed by atoms with Crippen molar-refractivity contribution in [2.45, 2.75) is 45.3 Å². The number of amides is 2. The summed E-state index contributed by atoms with van der Waals surface area (Å²) in [6.45, 7) is 6.45. The average molecular weight is 350 g/mol. The first-order chi connectivity index (χ1) is 11.7. The second kappa shape index (κ2) is 7.63. The highest BCUT2D eigenvalue weighted by Crippen LogP contribution is 2.24. The molecule has 2 rings (SSSR count). The second-order valence-electron chi connectivity index (χ2n) is 7.15. The number of likely N-dealkylation sites (tertiary alicyclic amines) is 1. The standard InChI is InChI=1S/C18H26N2O5/c1-18(2,3)25-17(23)20-8-7-13(11-20)19-16(22)10-12-9-14(21)5-6-15(12)24-4/h5-6,9,13,21H,7-8,10-11H2,1-4H3,(H,19,22)/t13-/m0/s1. The highest BCUT2D eigenvalue weighted by Gasteiger charge is 2.30. The molecule has 2 N–H and O–H groups in total. The summed E-state index contributed by atoms with van der Waals surface area (Å²) in [7, 11) is 1.52. The summed E-state index contributed by atoms with van der Waals surface area (Å²) in [6.07, 6.45) is 0.418. The van der Waals surface area contributed by atoms with E-state index >= 15 is 0 Å². The number of nitrogens with one attached hydrogen (secondary N) is 1. The molecule has 7 nitrogen and oxygen atoms in total. The molecule has 1 aromatic carbocycles. The number of benzene rings is 1. The molecule has 0 aromatic heterocycles. The zero-order valence-electron chi connectivity index (χ0n) is 15.2. The van der Waals surface area contributed by atoms with Crippen LogP contribution in [0.25, 0.3) is 0 Å². The predicted molar refractivity (Wildman–Crippen MR) is 92.7 cm³/mol. The summed E-state index contributed by atoms with van der Waals surface area (Å²) in [5, 5.41) is 12.5. The Bertz CT molecular complexity index is 639. The van der Waals surface area contributed by atoms with E-state index in [2.05, 4.69) is 5.32 Å². The molecular formula is C18H26N2O5. The van der Waals surface area contributed by atoms with Crippen molar-refractivity contribution in [3.63, 3.8) is 0 Å². The predicted octanol–water partition coefficient (Wildman–Crippen LogP) is 2.07. The first kappa shape index (κ1) is 18.9. The monoisotopic (exact) mass is 350 g/mol. The molecule has 1 aromatic rings. The van der Waals surface area contributed by atoms with Crippen LogP contribution in [0, 0.1) is 0 Å². The van der Waals surface area contributed by atoms with Gasteiger partial charge in [-0.1, -0.05) is 0 Å². The van der Waals surface area contributed by atoms with E-state index in [-0.39, 0.29) is 30.2 Å². The van der Waals surface area contributed by atoms with Crippen LogP contribution in [0.5, 0.6) is 11.5 Å². The van der Waals surface area contributed by atoms with Gasteiger partial charge in [0.25, 0.3) is 0 Å². The van der Waals surface area contributed by atoms with Crippen molar-refractivity contribution in [1.29, 1.82) is 0 Å². The van der Waals surface area contributed by atoms with Gasteiger partial charge < -0.3 is 24.8 Å². The summed E-state index contributed by atoms with van der Waals surface area (Å²) in [6, 6.07) is 4.54. The molecular weight excluding hydrogens is 324 g/mol. The van der Waals surface area contributed by atoms with Crippen molar-refractivity contribution in [3.8, 4) is 11.5 Å². The van der Waals surface area contributed by atoms with Crippen molar-refractivity contribution in [1.82, 2.24) is 10.2 Å². The molecule has 1 saturated heterocycles. The molecule has 0 radical (unpaired) electrons. The van der Waals surface area contributed by atoms with Gasteiger partial charge in [-0.05, 0) is 45.4 Å². The summed E-state index contributed by atoms with van der Waals surface area (Å²) >= 11 is 0. The summed E-state index contributed by atoms with van der Waals surface area (Å²) in [4.78, 5) is 25.9. The zero-order valence-corrected chi connectivity index (χ0v) is 15.2. The molecule has 0 spiro atoms. The van der Waals surface area contributed by atoms with Crippen LogP contribution in [0.1, 0.15) is 32.8 Å². The number of carbonyl (C=O) groups is 2. The van der Waals surface area contributed by atoms with Crippen LogP contribution in [-0.2, 0) is 16.0 Å². The van der Waals surface area contributed by atoms with E-state index < -0.39 is 5.60 Å². The van der Waals surface area contributed by atoms with Gasteiger partial charge in [-0.15, -0.1) is 0 Å². The van der Waals surface area contributed by atoms with Crippen molar-refractivity contribution >= 4 is 12.0 Å². The molecule has 1 heterocycles. The van der Waals surface area contributed by atoms with Crippen LogP contribution >= 0.6 is 0 Å². The number of phenols is 1. The first-order valence-electron chi connectivity index (χ1n) is 8.31. The minimum absolute atomic E-state index is 0.0839. The summed E-state index contributed by atoms with van der Waals surface area (Å²) < 4.78 is 10.5. The second-order valence-corrected chi connectivity index (χ2v) is 7.15. The summed E-state index contributed by atoms with van der Waals surface area (Å²) in [5.41, 5.74) is 0.0755. The van der Waals surface area contributed by atoms with E-state index in [9.17, 15) is 14.7 Å². The molecule has 0 bridgehead atoms.